The minimum atomic E-state index is -0.882. The van der Waals surface area contributed by atoms with Gasteiger partial charge in [-0.05, 0) is 73.4 Å². The minimum Gasteiger partial charge on any atom is -0.507 e. The predicted molar refractivity (Wildman–Crippen MR) is 140 cm³/mol. The van der Waals surface area contributed by atoms with E-state index in [2.05, 4.69) is 9.97 Å². The van der Waals surface area contributed by atoms with E-state index < -0.39 is 17.7 Å². The van der Waals surface area contributed by atoms with Gasteiger partial charge in [-0.25, -0.2) is 4.98 Å². The van der Waals surface area contributed by atoms with Crippen molar-refractivity contribution in [3.05, 3.63) is 83.2 Å². The summed E-state index contributed by atoms with van der Waals surface area (Å²) in [6, 6.07) is 13.5. The van der Waals surface area contributed by atoms with Crippen LogP contribution >= 0.6 is 11.3 Å². The zero-order chi connectivity index (χ0) is 25.5. The lowest BCUT2D eigenvalue weighted by atomic mass is 9.95. The number of Topliss-reactive ketones (excluding diaryl/α,β-unsaturated/α-hetero) is 1. The van der Waals surface area contributed by atoms with Gasteiger partial charge in [0.05, 0.1) is 35.0 Å². The third kappa shape index (κ3) is 4.01. The number of pyridine rings is 1. The van der Waals surface area contributed by atoms with E-state index in [4.69, 9.17) is 9.47 Å². The summed E-state index contributed by atoms with van der Waals surface area (Å²) in [5.41, 5.74) is 2.70. The van der Waals surface area contributed by atoms with Gasteiger partial charge in [-0.2, -0.15) is 0 Å². The number of aliphatic hydroxyl groups is 1. The molecule has 1 saturated heterocycles. The lowest BCUT2D eigenvalue weighted by Crippen LogP contribution is -2.29. The first-order chi connectivity index (χ1) is 18.0. The molecular formula is C28H23N3O5S. The summed E-state index contributed by atoms with van der Waals surface area (Å²) in [7, 11) is 0. The number of rotatable bonds is 5. The van der Waals surface area contributed by atoms with Crippen molar-refractivity contribution in [3.8, 4) is 11.5 Å². The van der Waals surface area contributed by atoms with Crippen molar-refractivity contribution < 1.29 is 24.2 Å². The molecule has 2 aromatic carbocycles. The third-order valence-electron chi connectivity index (χ3n) is 6.49. The number of thiazole rings is 1. The maximum Gasteiger partial charge on any atom is 0.301 e. The molecule has 0 bridgehead atoms. The summed E-state index contributed by atoms with van der Waals surface area (Å²) < 4.78 is 12.1. The Morgan fingerprint density at radius 3 is 2.92 bits per heavy atom. The van der Waals surface area contributed by atoms with E-state index in [0.29, 0.717) is 40.7 Å². The third-order valence-corrected chi connectivity index (χ3v) is 7.51. The molecule has 8 nitrogen and oxygen atoms in total. The highest BCUT2D eigenvalue weighted by Gasteiger charge is 2.48. The molecule has 2 aliphatic rings. The molecule has 1 atom stereocenters. The van der Waals surface area contributed by atoms with Crippen molar-refractivity contribution >= 4 is 44.1 Å². The van der Waals surface area contributed by atoms with Crippen LogP contribution < -0.4 is 14.4 Å². The molecule has 0 saturated carbocycles. The number of carbonyl (C=O) groups is 2. The number of benzene rings is 2. The summed E-state index contributed by atoms with van der Waals surface area (Å²) in [4.78, 5) is 37.1. The first-order valence-electron chi connectivity index (χ1n) is 12.1. The van der Waals surface area contributed by atoms with Crippen LogP contribution in [0.4, 0.5) is 5.13 Å². The molecule has 1 fully saturated rings. The topological polar surface area (TPSA) is 102 Å². The van der Waals surface area contributed by atoms with E-state index in [9.17, 15) is 14.7 Å². The number of amides is 1. The Labute approximate surface area is 216 Å². The van der Waals surface area contributed by atoms with E-state index in [0.717, 1.165) is 28.9 Å². The fraction of sp³-hybridized carbons (Fsp3) is 0.214. The molecule has 4 aromatic rings. The van der Waals surface area contributed by atoms with Crippen molar-refractivity contribution in [1.82, 2.24) is 9.97 Å². The summed E-state index contributed by atoms with van der Waals surface area (Å²) in [5.74, 6) is -0.279. The zero-order valence-corrected chi connectivity index (χ0v) is 20.8. The number of aryl methyl sites for hydroxylation is 1. The van der Waals surface area contributed by atoms with Crippen molar-refractivity contribution in [2.75, 3.05) is 18.1 Å². The maximum absolute atomic E-state index is 13.4. The maximum atomic E-state index is 13.4. The molecular weight excluding hydrogens is 490 g/mol. The SMILES string of the molecule is CCOc1ccc2nc(N3C(=O)C(=O)/C(=C(/O)c4ccc5c(c4)CCCO5)C3c3cccnc3)sc2c1. The number of hydrogen-bond acceptors (Lipinski definition) is 8. The monoisotopic (exact) mass is 513 g/mol. The number of hydrogen-bond donors (Lipinski definition) is 1. The molecule has 2 aromatic heterocycles. The molecule has 186 valence electrons. The summed E-state index contributed by atoms with van der Waals surface area (Å²) in [5, 5.41) is 11.8. The number of aromatic nitrogens is 2. The molecule has 6 rings (SSSR count). The van der Waals surface area contributed by atoms with E-state index in [1.165, 1.54) is 16.2 Å². The van der Waals surface area contributed by atoms with E-state index in [1.807, 2.05) is 31.2 Å². The molecule has 37 heavy (non-hydrogen) atoms. The van der Waals surface area contributed by atoms with Crippen LogP contribution in [0.1, 0.15) is 36.1 Å². The van der Waals surface area contributed by atoms with Gasteiger partial charge in [0.1, 0.15) is 17.3 Å². The van der Waals surface area contributed by atoms with Crippen LogP contribution in [-0.4, -0.2) is 40.0 Å². The van der Waals surface area contributed by atoms with Crippen LogP contribution in [0.3, 0.4) is 0 Å². The van der Waals surface area contributed by atoms with Gasteiger partial charge in [0, 0.05) is 18.0 Å². The second-order valence-electron chi connectivity index (χ2n) is 8.79. The van der Waals surface area contributed by atoms with Gasteiger partial charge < -0.3 is 14.6 Å². The lowest BCUT2D eigenvalue weighted by molar-refractivity contribution is -0.132. The normalized spacial score (nSPS) is 18.6. The molecule has 1 unspecified atom stereocenters. The highest BCUT2D eigenvalue weighted by atomic mass is 32.1. The lowest BCUT2D eigenvalue weighted by Gasteiger charge is -2.23. The first-order valence-corrected chi connectivity index (χ1v) is 12.9. The Kier molecular flexibility index (Phi) is 5.84. The molecule has 0 aliphatic carbocycles. The number of ketones is 1. The van der Waals surface area contributed by atoms with Crippen LogP contribution in [-0.2, 0) is 16.0 Å². The van der Waals surface area contributed by atoms with Crippen molar-refractivity contribution in [2.24, 2.45) is 0 Å². The summed E-state index contributed by atoms with van der Waals surface area (Å²) >= 11 is 1.29. The average molecular weight is 514 g/mol. The number of nitrogens with zero attached hydrogens (tertiary/aromatic N) is 3. The van der Waals surface area contributed by atoms with Crippen molar-refractivity contribution in [3.63, 3.8) is 0 Å². The number of carbonyl (C=O) groups excluding carboxylic acids is 2. The Bertz CT molecular complexity index is 1560. The molecule has 9 heteroatoms. The fourth-order valence-corrected chi connectivity index (χ4v) is 5.82. The number of anilines is 1. The Morgan fingerprint density at radius 1 is 1.22 bits per heavy atom. The van der Waals surface area contributed by atoms with Crippen LogP contribution in [0.25, 0.3) is 16.0 Å². The molecule has 0 spiro atoms. The molecule has 1 amide bonds. The van der Waals surface area contributed by atoms with Gasteiger partial charge in [-0.15, -0.1) is 0 Å². The Morgan fingerprint density at radius 2 is 2.11 bits per heavy atom. The second-order valence-corrected chi connectivity index (χ2v) is 9.80. The molecule has 0 radical (unpaired) electrons. The van der Waals surface area contributed by atoms with Crippen LogP contribution in [0.2, 0.25) is 0 Å². The number of ether oxygens (including phenoxy) is 2. The van der Waals surface area contributed by atoms with Gasteiger partial charge in [-0.1, -0.05) is 17.4 Å². The Balaban J connectivity index is 1.50. The smallest absolute Gasteiger partial charge is 0.301 e. The van der Waals surface area contributed by atoms with Crippen LogP contribution in [0.5, 0.6) is 11.5 Å². The average Bonchev–Trinajstić information content (AvgIpc) is 3.46. The van der Waals surface area contributed by atoms with Crippen molar-refractivity contribution in [2.45, 2.75) is 25.8 Å². The zero-order valence-electron chi connectivity index (χ0n) is 20.0. The highest BCUT2D eigenvalue weighted by molar-refractivity contribution is 7.22. The quantitative estimate of drug-likeness (QED) is 0.227. The highest BCUT2D eigenvalue weighted by Crippen LogP contribution is 2.44. The summed E-state index contributed by atoms with van der Waals surface area (Å²) in [6.07, 6.45) is 4.90. The van der Waals surface area contributed by atoms with Crippen molar-refractivity contribution in [1.29, 1.82) is 0 Å². The van der Waals surface area contributed by atoms with E-state index in [-0.39, 0.29) is 11.3 Å². The van der Waals surface area contributed by atoms with Gasteiger partial charge in [0.2, 0.25) is 0 Å². The van der Waals surface area contributed by atoms with Gasteiger partial charge in [0.25, 0.3) is 5.78 Å². The van der Waals surface area contributed by atoms with Gasteiger partial charge in [0.15, 0.2) is 5.13 Å². The fourth-order valence-electron chi connectivity index (χ4n) is 4.80. The van der Waals surface area contributed by atoms with Crippen LogP contribution in [0.15, 0.2) is 66.5 Å². The summed E-state index contributed by atoms with van der Waals surface area (Å²) in [6.45, 7) is 3.09. The van der Waals surface area contributed by atoms with Gasteiger partial charge in [-0.3, -0.25) is 19.5 Å². The standard InChI is InChI=1S/C28H23N3O5S/c1-2-35-19-8-9-20-22(14-19)37-28(30-20)31-24(18-5-3-11-29-15-18)23(26(33)27(31)34)25(32)17-7-10-21-16(13-17)6-4-12-36-21/h3,5,7-11,13-15,24,32H,2,4,6,12H2,1H3/b25-23+. The van der Waals surface area contributed by atoms with Gasteiger partial charge >= 0.3 is 5.91 Å². The second kappa shape index (κ2) is 9.33. The first kappa shape index (κ1) is 23.2. The predicted octanol–water partition coefficient (Wildman–Crippen LogP) is 5.04. The van der Waals surface area contributed by atoms with E-state index >= 15 is 0 Å². The van der Waals surface area contributed by atoms with Crippen LogP contribution in [0, 0.1) is 0 Å². The van der Waals surface area contributed by atoms with E-state index in [1.54, 1.807) is 36.7 Å². The Hall–Kier alpha value is -4.24. The number of aliphatic hydroxyl groups excluding tert-OH is 1. The molecule has 1 N–H and O–H groups in total. The molecule has 4 heterocycles. The number of fused-ring (bicyclic) bond motifs is 2. The molecule has 2 aliphatic heterocycles. The largest absolute Gasteiger partial charge is 0.507 e. The minimum absolute atomic E-state index is 0.00365.